The highest BCUT2D eigenvalue weighted by atomic mass is 14.1. The van der Waals surface area contributed by atoms with E-state index in [1.165, 1.54) is 16.7 Å². The average molecular weight is 258 g/mol. The summed E-state index contributed by atoms with van der Waals surface area (Å²) in [5, 5.41) is 0. The minimum Gasteiger partial charge on any atom is -0.0845 e. The van der Waals surface area contributed by atoms with Gasteiger partial charge < -0.3 is 0 Å². The van der Waals surface area contributed by atoms with Crippen LogP contribution in [0, 0.1) is 6.92 Å². The van der Waals surface area contributed by atoms with E-state index in [1.54, 1.807) is 0 Å². The molecule has 0 saturated carbocycles. The summed E-state index contributed by atoms with van der Waals surface area (Å²) in [6.45, 7) is 12.8. The predicted octanol–water partition coefficient (Wildman–Crippen LogP) is 6.43. The fourth-order valence-corrected chi connectivity index (χ4v) is 1.93. The van der Waals surface area contributed by atoms with Crippen LogP contribution in [0.5, 0.6) is 0 Å². The lowest BCUT2D eigenvalue weighted by Crippen LogP contribution is -1.96. The molecule has 0 N–H and O–H groups in total. The average Bonchev–Trinajstić information content (AvgIpc) is 2.45. The van der Waals surface area contributed by atoms with Gasteiger partial charge in [-0.1, -0.05) is 82.7 Å². The summed E-state index contributed by atoms with van der Waals surface area (Å²) in [5.41, 5.74) is 4.15. The van der Waals surface area contributed by atoms with Gasteiger partial charge in [0, 0.05) is 5.92 Å². The molecule has 0 heterocycles. The Morgan fingerprint density at radius 2 is 1.63 bits per heavy atom. The van der Waals surface area contributed by atoms with E-state index < -0.39 is 0 Å². The zero-order valence-corrected chi connectivity index (χ0v) is 13.5. The summed E-state index contributed by atoms with van der Waals surface area (Å²) in [6.07, 6.45) is 9.04. The lowest BCUT2D eigenvalue weighted by molar-refractivity contribution is 0.907. The summed E-state index contributed by atoms with van der Waals surface area (Å²) in [7, 11) is 0. The molecule has 0 aliphatic rings. The van der Waals surface area contributed by atoms with Gasteiger partial charge in [-0.15, -0.1) is 0 Å². The molecule has 0 aliphatic carbocycles. The quantitative estimate of drug-likeness (QED) is 0.534. The Balaban J connectivity index is 0.00000154. The van der Waals surface area contributed by atoms with Crippen molar-refractivity contribution in [2.24, 2.45) is 0 Å². The molecule has 1 aromatic rings. The first-order valence-corrected chi connectivity index (χ1v) is 7.62. The first-order chi connectivity index (χ1) is 9.19. The Morgan fingerprint density at radius 1 is 1.05 bits per heavy atom. The van der Waals surface area contributed by atoms with Crippen LogP contribution in [0.15, 0.2) is 48.1 Å². The van der Waals surface area contributed by atoms with Crippen LogP contribution in [0.1, 0.15) is 64.5 Å². The summed E-state index contributed by atoms with van der Waals surface area (Å²) in [4.78, 5) is 0. The highest BCUT2D eigenvalue weighted by Gasteiger charge is 2.08. The molecule has 0 fully saturated rings. The molecule has 1 rings (SSSR count). The molecule has 1 unspecified atom stereocenters. The molecular formula is C19H30. The van der Waals surface area contributed by atoms with Gasteiger partial charge in [0.15, 0.2) is 0 Å². The third-order valence-corrected chi connectivity index (χ3v) is 3.06. The fraction of sp³-hybridized carbons (Fsp3) is 0.474. The van der Waals surface area contributed by atoms with E-state index in [9.17, 15) is 0 Å². The molecule has 0 amide bonds. The molecule has 1 aromatic carbocycles. The number of allylic oxidation sites excluding steroid dienone is 4. The van der Waals surface area contributed by atoms with Crippen molar-refractivity contribution in [2.75, 3.05) is 0 Å². The van der Waals surface area contributed by atoms with Crippen LogP contribution in [0.25, 0.3) is 0 Å². The number of aryl methyl sites for hydroxylation is 1. The third-order valence-electron chi connectivity index (χ3n) is 3.06. The number of hydrogen-bond donors (Lipinski definition) is 0. The second kappa shape index (κ2) is 10.6. The van der Waals surface area contributed by atoms with Crippen LogP contribution < -0.4 is 0 Å². The van der Waals surface area contributed by atoms with E-state index in [4.69, 9.17) is 0 Å². The van der Waals surface area contributed by atoms with Crippen molar-refractivity contribution in [3.8, 4) is 0 Å². The molecule has 0 nitrogen and oxygen atoms in total. The van der Waals surface area contributed by atoms with Gasteiger partial charge in [0.2, 0.25) is 0 Å². The molecule has 0 aliphatic heterocycles. The maximum absolute atomic E-state index is 2.33. The van der Waals surface area contributed by atoms with Gasteiger partial charge in [-0.3, -0.25) is 0 Å². The Hall–Kier alpha value is -1.30. The Kier molecular flexibility index (Phi) is 9.88. The maximum atomic E-state index is 2.33. The lowest BCUT2D eigenvalue weighted by Gasteiger charge is -2.14. The number of benzene rings is 1. The zero-order valence-electron chi connectivity index (χ0n) is 13.5. The normalized spacial score (nSPS) is 13.1. The molecular weight excluding hydrogens is 228 g/mol. The smallest absolute Gasteiger partial charge is 0.00577 e. The van der Waals surface area contributed by atoms with Crippen molar-refractivity contribution >= 4 is 0 Å². The van der Waals surface area contributed by atoms with Crippen molar-refractivity contribution in [1.29, 1.82) is 0 Å². The maximum Gasteiger partial charge on any atom is 0.00577 e. The van der Waals surface area contributed by atoms with E-state index in [1.807, 2.05) is 13.8 Å². The van der Waals surface area contributed by atoms with Crippen molar-refractivity contribution in [3.63, 3.8) is 0 Å². The molecule has 0 aromatic heterocycles. The van der Waals surface area contributed by atoms with Crippen LogP contribution in [0.2, 0.25) is 0 Å². The molecule has 0 spiro atoms. The fourth-order valence-electron chi connectivity index (χ4n) is 1.93. The van der Waals surface area contributed by atoms with Gasteiger partial charge in [0.05, 0.1) is 0 Å². The van der Waals surface area contributed by atoms with E-state index >= 15 is 0 Å². The second-order valence-corrected chi connectivity index (χ2v) is 4.56. The van der Waals surface area contributed by atoms with E-state index in [2.05, 4.69) is 70.2 Å². The van der Waals surface area contributed by atoms with E-state index in [0.717, 1.165) is 12.8 Å². The topological polar surface area (TPSA) is 0 Å². The summed E-state index contributed by atoms with van der Waals surface area (Å²) in [5.74, 6) is 0.485. The highest BCUT2D eigenvalue weighted by Crippen LogP contribution is 2.25. The lowest BCUT2D eigenvalue weighted by atomic mass is 9.91. The third kappa shape index (κ3) is 6.42. The first-order valence-electron chi connectivity index (χ1n) is 7.62. The van der Waals surface area contributed by atoms with Gasteiger partial charge >= 0.3 is 0 Å². The SMILES string of the molecule is CC.CC/C=C\C(=C/CC)C(C)c1ccc(C)cc1. The zero-order chi connectivity index (χ0) is 14.7. The van der Waals surface area contributed by atoms with Crippen LogP contribution in [0.3, 0.4) is 0 Å². The molecule has 0 radical (unpaired) electrons. The Bertz CT molecular complexity index is 379. The van der Waals surface area contributed by atoms with Crippen molar-refractivity contribution in [2.45, 2.75) is 60.3 Å². The first kappa shape index (κ1) is 17.7. The largest absolute Gasteiger partial charge is 0.0845 e. The van der Waals surface area contributed by atoms with Gasteiger partial charge in [-0.2, -0.15) is 0 Å². The van der Waals surface area contributed by atoms with E-state index in [0.29, 0.717) is 5.92 Å². The number of hydrogen-bond acceptors (Lipinski definition) is 0. The molecule has 0 saturated heterocycles. The van der Waals surface area contributed by atoms with Crippen molar-refractivity contribution in [1.82, 2.24) is 0 Å². The van der Waals surface area contributed by atoms with Crippen LogP contribution in [0.4, 0.5) is 0 Å². The monoisotopic (exact) mass is 258 g/mol. The predicted molar refractivity (Wildman–Crippen MR) is 88.7 cm³/mol. The molecule has 19 heavy (non-hydrogen) atoms. The van der Waals surface area contributed by atoms with Gasteiger partial charge in [-0.05, 0) is 30.9 Å². The molecule has 0 heteroatoms. The van der Waals surface area contributed by atoms with Crippen LogP contribution in [-0.2, 0) is 0 Å². The van der Waals surface area contributed by atoms with Crippen LogP contribution in [-0.4, -0.2) is 0 Å². The minimum atomic E-state index is 0.485. The molecule has 106 valence electrons. The molecule has 0 bridgehead atoms. The summed E-state index contributed by atoms with van der Waals surface area (Å²) < 4.78 is 0. The van der Waals surface area contributed by atoms with Crippen molar-refractivity contribution in [3.05, 3.63) is 59.2 Å². The Morgan fingerprint density at radius 3 is 2.11 bits per heavy atom. The number of rotatable bonds is 5. The Labute approximate surface area is 120 Å². The second-order valence-electron chi connectivity index (χ2n) is 4.56. The standard InChI is InChI=1S/C17H24.C2H6/c1-5-7-9-16(8-6-2)15(4)17-12-10-14(3)11-13-17;1-2/h7-13,15H,5-6H2,1-4H3;1-2H3/b9-7-,16-8+;. The van der Waals surface area contributed by atoms with Gasteiger partial charge in [-0.25, -0.2) is 0 Å². The van der Waals surface area contributed by atoms with E-state index in [-0.39, 0.29) is 0 Å². The minimum absolute atomic E-state index is 0.485. The van der Waals surface area contributed by atoms with Crippen LogP contribution >= 0.6 is 0 Å². The summed E-state index contributed by atoms with van der Waals surface area (Å²) >= 11 is 0. The van der Waals surface area contributed by atoms with Crippen molar-refractivity contribution < 1.29 is 0 Å². The highest BCUT2D eigenvalue weighted by molar-refractivity contribution is 5.35. The van der Waals surface area contributed by atoms with Gasteiger partial charge in [0.25, 0.3) is 0 Å². The van der Waals surface area contributed by atoms with Gasteiger partial charge in [0.1, 0.15) is 0 Å². The molecule has 1 atom stereocenters. The summed E-state index contributed by atoms with van der Waals surface area (Å²) in [6, 6.07) is 8.87.